The molecule has 140 valence electrons. The maximum Gasteiger partial charge on any atom is 0.460 e. The van der Waals surface area contributed by atoms with E-state index in [0.717, 1.165) is 0 Å². The van der Waals surface area contributed by atoms with Gasteiger partial charge in [-0.1, -0.05) is 0 Å². The molecule has 0 fully saturated rings. The highest BCUT2D eigenvalue weighted by atomic mass is 32.2. The van der Waals surface area contributed by atoms with Gasteiger partial charge < -0.3 is 4.18 Å². The van der Waals surface area contributed by atoms with Crippen LogP contribution in [0, 0.1) is 0 Å². The standard InChI is InChI=1S/C10H7F9O4S/c11-7(12,9(15,16)17)8(13,14)10(18,19)24(21,22)23-6-3-1-2-5(20)4-6/h4H,1-3H2. The molecule has 1 aliphatic rings. The van der Waals surface area contributed by atoms with Gasteiger partial charge in [-0.15, -0.1) is 0 Å². The molecule has 0 aromatic heterocycles. The fraction of sp³-hybridized carbons (Fsp3) is 0.700. The van der Waals surface area contributed by atoms with Crippen molar-refractivity contribution in [1.82, 2.24) is 0 Å². The van der Waals surface area contributed by atoms with Gasteiger partial charge in [0, 0.05) is 18.9 Å². The van der Waals surface area contributed by atoms with Crippen LogP contribution in [-0.4, -0.2) is 37.5 Å². The summed E-state index contributed by atoms with van der Waals surface area (Å²) >= 11 is 0. The average molecular weight is 394 g/mol. The summed E-state index contributed by atoms with van der Waals surface area (Å²) < 4.78 is 139. The van der Waals surface area contributed by atoms with E-state index >= 15 is 0 Å². The third-order valence-electron chi connectivity index (χ3n) is 2.81. The quantitative estimate of drug-likeness (QED) is 0.530. The molecule has 24 heavy (non-hydrogen) atoms. The normalized spacial score (nSPS) is 18.4. The molecule has 0 atom stereocenters. The molecule has 0 N–H and O–H groups in total. The van der Waals surface area contributed by atoms with Crippen molar-refractivity contribution in [3.8, 4) is 0 Å². The fourth-order valence-electron chi connectivity index (χ4n) is 1.54. The van der Waals surface area contributed by atoms with E-state index in [4.69, 9.17) is 0 Å². The first-order valence-corrected chi connectivity index (χ1v) is 7.26. The maximum atomic E-state index is 13.3. The predicted octanol–water partition coefficient (Wildman–Crippen LogP) is 3.40. The molecule has 0 unspecified atom stereocenters. The number of hydrogen-bond donors (Lipinski definition) is 0. The second-order valence-corrected chi connectivity index (χ2v) is 6.22. The van der Waals surface area contributed by atoms with E-state index in [1.54, 1.807) is 0 Å². The summed E-state index contributed by atoms with van der Waals surface area (Å²) in [5.41, 5.74) is 0. The summed E-state index contributed by atoms with van der Waals surface area (Å²) in [5, 5.41) is -6.93. The number of ketones is 1. The van der Waals surface area contributed by atoms with Gasteiger partial charge >= 0.3 is 33.4 Å². The van der Waals surface area contributed by atoms with Gasteiger partial charge in [0.2, 0.25) is 0 Å². The van der Waals surface area contributed by atoms with Crippen molar-refractivity contribution in [3.05, 3.63) is 11.8 Å². The number of carbonyl (C=O) groups excluding carboxylic acids is 1. The molecule has 0 bridgehead atoms. The number of halogens is 9. The topological polar surface area (TPSA) is 60.4 Å². The Hall–Kier alpha value is -1.47. The van der Waals surface area contributed by atoms with Crippen molar-refractivity contribution in [3.63, 3.8) is 0 Å². The largest absolute Gasteiger partial charge is 0.460 e. The Balaban J connectivity index is 3.28. The first kappa shape index (κ1) is 20.6. The Morgan fingerprint density at radius 1 is 0.875 bits per heavy atom. The third kappa shape index (κ3) is 3.19. The molecule has 0 saturated heterocycles. The number of alkyl halides is 9. The Morgan fingerprint density at radius 2 is 1.38 bits per heavy atom. The first-order chi connectivity index (χ1) is 10.5. The highest BCUT2D eigenvalue weighted by molar-refractivity contribution is 7.88. The van der Waals surface area contributed by atoms with Crippen molar-refractivity contribution in [2.45, 2.75) is 42.5 Å². The van der Waals surface area contributed by atoms with Crippen LogP contribution in [0.3, 0.4) is 0 Å². The molecule has 0 spiro atoms. The second-order valence-electron chi connectivity index (χ2n) is 4.63. The molecule has 0 amide bonds. The molecule has 1 rings (SSSR count). The number of allylic oxidation sites excluding steroid dienone is 2. The molecular weight excluding hydrogens is 387 g/mol. The van der Waals surface area contributed by atoms with Crippen LogP contribution < -0.4 is 0 Å². The Kier molecular flexibility index (Phi) is 4.98. The molecular formula is C10H7F9O4S. The lowest BCUT2D eigenvalue weighted by Crippen LogP contribution is -2.63. The van der Waals surface area contributed by atoms with Crippen LogP contribution in [0.4, 0.5) is 39.5 Å². The minimum atomic E-state index is -7.36. The van der Waals surface area contributed by atoms with Crippen LogP contribution in [-0.2, 0) is 19.1 Å². The summed E-state index contributed by atoms with van der Waals surface area (Å²) in [6.45, 7) is 0. The SMILES string of the molecule is O=C1C=C(OS(=O)(=O)C(F)(F)C(F)(F)C(F)(F)C(F)(F)F)CCC1. The zero-order chi connectivity index (χ0) is 19.2. The lowest BCUT2D eigenvalue weighted by atomic mass is 10.1. The summed E-state index contributed by atoms with van der Waals surface area (Å²) in [4.78, 5) is 10.9. The highest BCUT2D eigenvalue weighted by Crippen LogP contribution is 2.55. The van der Waals surface area contributed by atoms with Crippen LogP contribution >= 0.6 is 0 Å². The summed E-state index contributed by atoms with van der Waals surface area (Å²) in [5.74, 6) is -16.6. The fourth-order valence-corrected chi connectivity index (χ4v) is 2.50. The van der Waals surface area contributed by atoms with Crippen LogP contribution in [0.2, 0.25) is 0 Å². The predicted molar refractivity (Wildman–Crippen MR) is 57.8 cm³/mol. The molecule has 0 aliphatic heterocycles. The average Bonchev–Trinajstić information content (AvgIpc) is 2.36. The van der Waals surface area contributed by atoms with Crippen LogP contribution in [0.1, 0.15) is 19.3 Å². The van der Waals surface area contributed by atoms with Gasteiger partial charge in [0.05, 0.1) is 0 Å². The van der Waals surface area contributed by atoms with Crippen molar-refractivity contribution in [1.29, 1.82) is 0 Å². The first-order valence-electron chi connectivity index (χ1n) is 5.85. The molecule has 0 saturated carbocycles. The zero-order valence-corrected chi connectivity index (χ0v) is 12.0. The Labute approximate surface area is 128 Å². The van der Waals surface area contributed by atoms with Gasteiger partial charge in [-0.2, -0.15) is 47.9 Å². The van der Waals surface area contributed by atoms with Gasteiger partial charge in [-0.05, 0) is 6.42 Å². The van der Waals surface area contributed by atoms with Gasteiger partial charge in [-0.25, -0.2) is 0 Å². The van der Waals surface area contributed by atoms with E-state index in [1.807, 2.05) is 0 Å². The van der Waals surface area contributed by atoms with Crippen molar-refractivity contribution < 1.29 is 56.9 Å². The molecule has 0 radical (unpaired) electrons. The molecule has 14 heteroatoms. The number of hydrogen-bond acceptors (Lipinski definition) is 4. The van der Waals surface area contributed by atoms with Crippen LogP contribution in [0.15, 0.2) is 11.8 Å². The number of rotatable bonds is 5. The van der Waals surface area contributed by atoms with E-state index < -0.39 is 51.4 Å². The summed E-state index contributed by atoms with van der Waals surface area (Å²) in [7, 11) is -6.97. The van der Waals surface area contributed by atoms with Crippen molar-refractivity contribution in [2.24, 2.45) is 0 Å². The molecule has 1 aliphatic carbocycles. The lowest BCUT2D eigenvalue weighted by molar-refractivity contribution is -0.382. The van der Waals surface area contributed by atoms with Crippen LogP contribution in [0.5, 0.6) is 0 Å². The Bertz CT molecular complexity index is 648. The zero-order valence-electron chi connectivity index (χ0n) is 11.1. The van der Waals surface area contributed by atoms with Gasteiger partial charge in [0.25, 0.3) is 0 Å². The van der Waals surface area contributed by atoms with Gasteiger partial charge in [0.1, 0.15) is 5.76 Å². The monoisotopic (exact) mass is 394 g/mol. The van der Waals surface area contributed by atoms with Crippen molar-refractivity contribution in [2.75, 3.05) is 0 Å². The summed E-state index contributed by atoms with van der Waals surface area (Å²) in [6.07, 6.45) is -7.58. The molecule has 4 nitrogen and oxygen atoms in total. The molecule has 0 aromatic rings. The van der Waals surface area contributed by atoms with Crippen LogP contribution in [0.25, 0.3) is 0 Å². The van der Waals surface area contributed by atoms with E-state index in [0.29, 0.717) is 6.08 Å². The Morgan fingerprint density at radius 3 is 1.79 bits per heavy atom. The summed E-state index contributed by atoms with van der Waals surface area (Å²) in [6, 6.07) is 0. The van der Waals surface area contributed by atoms with E-state index in [9.17, 15) is 52.7 Å². The van der Waals surface area contributed by atoms with E-state index in [1.165, 1.54) is 0 Å². The maximum absolute atomic E-state index is 13.3. The van der Waals surface area contributed by atoms with Gasteiger partial charge in [-0.3, -0.25) is 4.79 Å². The van der Waals surface area contributed by atoms with Crippen molar-refractivity contribution >= 4 is 15.9 Å². The van der Waals surface area contributed by atoms with Gasteiger partial charge in [0.15, 0.2) is 5.78 Å². The molecule has 0 aromatic carbocycles. The molecule has 0 heterocycles. The second kappa shape index (κ2) is 5.81. The smallest absolute Gasteiger partial charge is 0.382 e. The lowest BCUT2D eigenvalue weighted by Gasteiger charge is -2.32. The van der Waals surface area contributed by atoms with E-state index in [2.05, 4.69) is 4.18 Å². The minimum absolute atomic E-state index is 0.124. The number of carbonyl (C=O) groups is 1. The third-order valence-corrected chi connectivity index (χ3v) is 4.13. The van der Waals surface area contributed by atoms with E-state index in [-0.39, 0.29) is 12.8 Å². The highest BCUT2D eigenvalue weighted by Gasteiger charge is 2.86. The minimum Gasteiger partial charge on any atom is -0.382 e.